The van der Waals surface area contributed by atoms with Gasteiger partial charge in [-0.2, -0.15) is 0 Å². The third-order valence-electron chi connectivity index (χ3n) is 4.60. The molecule has 2 aromatic rings. The Morgan fingerprint density at radius 1 is 1.12 bits per heavy atom. The maximum absolute atomic E-state index is 12.6. The van der Waals surface area contributed by atoms with Crippen molar-refractivity contribution in [2.45, 2.75) is 30.4 Å². The smallest absolute Gasteiger partial charge is 0.289 e. The van der Waals surface area contributed by atoms with E-state index in [1.54, 1.807) is 4.90 Å². The van der Waals surface area contributed by atoms with E-state index >= 15 is 0 Å². The molecule has 7 heteroatoms. The van der Waals surface area contributed by atoms with E-state index in [2.05, 4.69) is 16.9 Å². The molecule has 26 heavy (non-hydrogen) atoms. The van der Waals surface area contributed by atoms with Crippen LogP contribution in [0.1, 0.15) is 35.4 Å². The van der Waals surface area contributed by atoms with E-state index in [1.807, 2.05) is 24.3 Å². The lowest BCUT2D eigenvalue weighted by Crippen LogP contribution is -2.34. The van der Waals surface area contributed by atoms with Gasteiger partial charge in [-0.3, -0.25) is 4.79 Å². The molecule has 2 heterocycles. The van der Waals surface area contributed by atoms with Crippen LogP contribution in [0.2, 0.25) is 0 Å². The number of rotatable bonds is 5. The van der Waals surface area contributed by atoms with Crippen LogP contribution in [0.15, 0.2) is 58.1 Å². The number of hydrogen-bond donors (Lipinski definition) is 1. The first-order valence-corrected chi connectivity index (χ1v) is 10.2. The SMILES string of the molecule is O=C(c1ccc(S(=O)(=O)NC2CC2)o1)N1CC=C(c2ccccc2)CC1. The molecule has 1 saturated carbocycles. The van der Waals surface area contributed by atoms with Gasteiger partial charge in [-0.1, -0.05) is 36.4 Å². The number of furan rings is 1. The van der Waals surface area contributed by atoms with Crippen molar-refractivity contribution in [3.8, 4) is 0 Å². The predicted octanol–water partition coefficient (Wildman–Crippen LogP) is 2.65. The van der Waals surface area contributed by atoms with Gasteiger partial charge < -0.3 is 9.32 Å². The van der Waals surface area contributed by atoms with Crippen molar-refractivity contribution >= 4 is 21.5 Å². The molecule has 0 bridgehead atoms. The second-order valence-corrected chi connectivity index (χ2v) is 8.26. The molecule has 0 atom stereocenters. The fraction of sp³-hybridized carbons (Fsp3) is 0.316. The molecule has 2 aliphatic rings. The molecule has 1 amide bonds. The van der Waals surface area contributed by atoms with Gasteiger partial charge in [-0.15, -0.1) is 0 Å². The van der Waals surface area contributed by atoms with Gasteiger partial charge in [0.1, 0.15) is 0 Å². The predicted molar refractivity (Wildman–Crippen MR) is 97.0 cm³/mol. The fourth-order valence-electron chi connectivity index (χ4n) is 2.98. The summed E-state index contributed by atoms with van der Waals surface area (Å²) in [6.07, 6.45) is 4.47. The molecule has 1 aromatic carbocycles. The molecular formula is C19H20N2O4S. The highest BCUT2D eigenvalue weighted by Gasteiger charge is 2.31. The quantitative estimate of drug-likeness (QED) is 0.875. The number of amides is 1. The Morgan fingerprint density at radius 2 is 1.88 bits per heavy atom. The average molecular weight is 372 g/mol. The summed E-state index contributed by atoms with van der Waals surface area (Å²) in [4.78, 5) is 14.3. The number of sulfonamides is 1. The standard InChI is InChI=1S/C19H20N2O4S/c22-19(17-8-9-18(25-17)26(23,24)20-16-6-7-16)21-12-10-15(11-13-21)14-4-2-1-3-5-14/h1-5,8-10,16,20H,6-7,11-13H2. The van der Waals surface area contributed by atoms with Crippen LogP contribution in [0.4, 0.5) is 0 Å². The first kappa shape index (κ1) is 17.1. The summed E-state index contributed by atoms with van der Waals surface area (Å²) in [5, 5.41) is -0.203. The minimum atomic E-state index is -3.68. The second-order valence-electron chi connectivity index (χ2n) is 6.61. The van der Waals surface area contributed by atoms with Crippen molar-refractivity contribution in [1.82, 2.24) is 9.62 Å². The Kier molecular flexibility index (Phi) is 4.42. The van der Waals surface area contributed by atoms with Crippen molar-refractivity contribution in [3.05, 3.63) is 59.9 Å². The first-order chi connectivity index (χ1) is 12.5. The van der Waals surface area contributed by atoms with E-state index in [1.165, 1.54) is 17.7 Å². The van der Waals surface area contributed by atoms with Crippen LogP contribution in [-0.2, 0) is 10.0 Å². The molecular weight excluding hydrogens is 352 g/mol. The minimum Gasteiger partial charge on any atom is -0.438 e. The largest absolute Gasteiger partial charge is 0.438 e. The fourth-order valence-corrected chi connectivity index (χ4v) is 4.22. The van der Waals surface area contributed by atoms with Crippen molar-refractivity contribution in [2.24, 2.45) is 0 Å². The molecule has 4 rings (SSSR count). The maximum atomic E-state index is 12.6. The Bertz CT molecular complexity index is 943. The molecule has 0 unspecified atom stereocenters. The molecule has 1 aromatic heterocycles. The summed E-state index contributed by atoms with van der Waals surface area (Å²) in [6, 6.07) is 12.8. The minimum absolute atomic E-state index is 0.00658. The highest BCUT2D eigenvalue weighted by atomic mass is 32.2. The lowest BCUT2D eigenvalue weighted by atomic mass is 9.99. The summed E-state index contributed by atoms with van der Waals surface area (Å²) in [5.74, 6) is -0.237. The lowest BCUT2D eigenvalue weighted by molar-refractivity contribution is 0.0735. The van der Waals surface area contributed by atoms with Gasteiger partial charge in [0.2, 0.25) is 5.09 Å². The van der Waals surface area contributed by atoms with Crippen LogP contribution in [0.3, 0.4) is 0 Å². The Hall–Kier alpha value is -2.38. The van der Waals surface area contributed by atoms with Gasteiger partial charge in [-0.25, -0.2) is 13.1 Å². The molecule has 1 aliphatic carbocycles. The van der Waals surface area contributed by atoms with Crippen molar-refractivity contribution in [1.29, 1.82) is 0 Å². The summed E-state index contributed by atoms with van der Waals surface area (Å²) in [5.41, 5.74) is 2.38. The normalized spacial score (nSPS) is 17.8. The molecule has 1 N–H and O–H groups in total. The zero-order valence-electron chi connectivity index (χ0n) is 14.2. The third kappa shape index (κ3) is 3.59. The number of carbonyl (C=O) groups is 1. The van der Waals surface area contributed by atoms with E-state index in [9.17, 15) is 13.2 Å². The molecule has 0 spiro atoms. The number of carbonyl (C=O) groups excluding carboxylic acids is 1. The number of hydrogen-bond acceptors (Lipinski definition) is 4. The monoisotopic (exact) mass is 372 g/mol. The van der Waals surface area contributed by atoms with Gasteiger partial charge in [-0.05, 0) is 42.5 Å². The Morgan fingerprint density at radius 3 is 2.54 bits per heavy atom. The summed E-state index contributed by atoms with van der Waals surface area (Å²) in [6.45, 7) is 1.05. The topological polar surface area (TPSA) is 79.6 Å². The van der Waals surface area contributed by atoms with Crippen molar-refractivity contribution in [2.75, 3.05) is 13.1 Å². The molecule has 136 valence electrons. The zero-order valence-corrected chi connectivity index (χ0v) is 15.0. The van der Waals surface area contributed by atoms with E-state index < -0.39 is 10.0 Å². The molecule has 0 saturated heterocycles. The van der Waals surface area contributed by atoms with Crippen LogP contribution < -0.4 is 4.72 Å². The van der Waals surface area contributed by atoms with Crippen LogP contribution in [0.5, 0.6) is 0 Å². The van der Waals surface area contributed by atoms with Crippen molar-refractivity contribution in [3.63, 3.8) is 0 Å². The van der Waals surface area contributed by atoms with Crippen LogP contribution in [-0.4, -0.2) is 38.4 Å². The number of benzene rings is 1. The van der Waals surface area contributed by atoms with E-state index in [0.29, 0.717) is 13.1 Å². The van der Waals surface area contributed by atoms with E-state index in [0.717, 1.165) is 24.8 Å². The first-order valence-electron chi connectivity index (χ1n) is 8.69. The summed E-state index contributed by atoms with van der Waals surface area (Å²) < 4.78 is 32.2. The van der Waals surface area contributed by atoms with Crippen molar-refractivity contribution < 1.29 is 17.6 Å². The molecule has 6 nitrogen and oxygen atoms in total. The Balaban J connectivity index is 1.45. The maximum Gasteiger partial charge on any atom is 0.289 e. The third-order valence-corrected chi connectivity index (χ3v) is 5.99. The second kappa shape index (κ2) is 6.74. The highest BCUT2D eigenvalue weighted by molar-refractivity contribution is 7.89. The summed E-state index contributed by atoms with van der Waals surface area (Å²) >= 11 is 0. The van der Waals surface area contributed by atoms with E-state index in [-0.39, 0.29) is 22.8 Å². The van der Waals surface area contributed by atoms with Crippen LogP contribution >= 0.6 is 0 Å². The summed E-state index contributed by atoms with van der Waals surface area (Å²) in [7, 11) is -3.68. The lowest BCUT2D eigenvalue weighted by Gasteiger charge is -2.25. The van der Waals surface area contributed by atoms with Gasteiger partial charge in [0.15, 0.2) is 5.76 Å². The van der Waals surface area contributed by atoms with Crippen LogP contribution in [0.25, 0.3) is 5.57 Å². The number of nitrogens with one attached hydrogen (secondary N) is 1. The van der Waals surface area contributed by atoms with Gasteiger partial charge in [0, 0.05) is 19.1 Å². The van der Waals surface area contributed by atoms with Gasteiger partial charge in [0.25, 0.3) is 15.9 Å². The number of nitrogens with zero attached hydrogens (tertiary/aromatic N) is 1. The zero-order chi connectivity index (χ0) is 18.1. The molecule has 1 aliphatic heterocycles. The average Bonchev–Trinajstić information content (AvgIpc) is 3.31. The molecule has 0 radical (unpaired) electrons. The van der Waals surface area contributed by atoms with Gasteiger partial charge >= 0.3 is 0 Å². The van der Waals surface area contributed by atoms with E-state index in [4.69, 9.17) is 4.42 Å². The van der Waals surface area contributed by atoms with Crippen LogP contribution in [0, 0.1) is 0 Å². The highest BCUT2D eigenvalue weighted by Crippen LogP contribution is 2.25. The Labute approximate surface area is 152 Å². The van der Waals surface area contributed by atoms with Gasteiger partial charge in [0.05, 0.1) is 0 Å². The molecule has 1 fully saturated rings.